The first-order valence-corrected chi connectivity index (χ1v) is 9.75. The molecule has 0 heterocycles. The standard InChI is InChI=1S/C18H33N5O7/c1-10(2)7-13(17(29)21-9-15(26)27)23-18(30)12(5-3-4-6-19)22-16(28)11(20)8-14(24)25/h10-13H,3-9,19-20H2,1-2H3,(H,21,29)(H,22,28)(H,23,30)(H,24,25)(H,26,27). The van der Waals surface area contributed by atoms with Gasteiger partial charge in [-0.05, 0) is 38.1 Å². The lowest BCUT2D eigenvalue weighted by atomic mass is 10.0. The summed E-state index contributed by atoms with van der Waals surface area (Å²) in [6.45, 7) is 3.45. The van der Waals surface area contributed by atoms with Gasteiger partial charge < -0.3 is 37.6 Å². The molecule has 172 valence electrons. The molecule has 0 radical (unpaired) electrons. The fourth-order valence-corrected chi connectivity index (χ4v) is 2.58. The zero-order valence-electron chi connectivity index (χ0n) is 17.3. The molecule has 0 saturated heterocycles. The van der Waals surface area contributed by atoms with Gasteiger partial charge in [-0.15, -0.1) is 0 Å². The summed E-state index contributed by atoms with van der Waals surface area (Å²) < 4.78 is 0. The van der Waals surface area contributed by atoms with Gasteiger partial charge in [-0.3, -0.25) is 24.0 Å². The van der Waals surface area contributed by atoms with Crippen molar-refractivity contribution in [2.75, 3.05) is 13.1 Å². The van der Waals surface area contributed by atoms with Gasteiger partial charge in [-0.1, -0.05) is 13.8 Å². The van der Waals surface area contributed by atoms with Gasteiger partial charge in [-0.2, -0.15) is 0 Å². The Balaban J connectivity index is 5.25. The molecule has 0 bridgehead atoms. The Kier molecular flexibility index (Phi) is 13.0. The summed E-state index contributed by atoms with van der Waals surface area (Å²) in [5, 5.41) is 24.7. The average molecular weight is 431 g/mol. The lowest BCUT2D eigenvalue weighted by Crippen LogP contribution is -2.56. The number of hydrogen-bond acceptors (Lipinski definition) is 7. The molecule has 0 aromatic carbocycles. The minimum Gasteiger partial charge on any atom is -0.481 e. The Morgan fingerprint density at radius 3 is 1.97 bits per heavy atom. The minimum absolute atomic E-state index is 0.0140. The van der Waals surface area contributed by atoms with Crippen LogP contribution in [0.3, 0.4) is 0 Å². The van der Waals surface area contributed by atoms with E-state index in [9.17, 15) is 24.0 Å². The Labute approximate surface area is 175 Å². The van der Waals surface area contributed by atoms with E-state index in [2.05, 4.69) is 16.0 Å². The van der Waals surface area contributed by atoms with Crippen LogP contribution in [0, 0.1) is 5.92 Å². The van der Waals surface area contributed by atoms with Crippen LogP contribution < -0.4 is 27.4 Å². The van der Waals surface area contributed by atoms with E-state index in [-0.39, 0.29) is 18.8 Å². The molecule has 0 rings (SSSR count). The van der Waals surface area contributed by atoms with Crippen LogP contribution in [0.25, 0.3) is 0 Å². The van der Waals surface area contributed by atoms with Crippen LogP contribution in [0.1, 0.15) is 46.0 Å². The Bertz CT molecular complexity index is 612. The van der Waals surface area contributed by atoms with Crippen molar-refractivity contribution >= 4 is 29.7 Å². The van der Waals surface area contributed by atoms with Crippen molar-refractivity contribution in [2.24, 2.45) is 17.4 Å². The molecule has 3 atom stereocenters. The molecule has 0 aliphatic carbocycles. The number of carboxylic acid groups (broad SMARTS) is 2. The third kappa shape index (κ3) is 12.0. The van der Waals surface area contributed by atoms with E-state index in [0.717, 1.165) is 0 Å². The van der Waals surface area contributed by atoms with Crippen molar-refractivity contribution in [3.63, 3.8) is 0 Å². The second-order valence-electron chi connectivity index (χ2n) is 7.35. The van der Waals surface area contributed by atoms with Crippen molar-refractivity contribution in [1.82, 2.24) is 16.0 Å². The molecule has 12 nitrogen and oxygen atoms in total. The highest BCUT2D eigenvalue weighted by molar-refractivity contribution is 5.94. The van der Waals surface area contributed by atoms with Crippen molar-refractivity contribution in [1.29, 1.82) is 0 Å². The molecule has 0 fully saturated rings. The van der Waals surface area contributed by atoms with Gasteiger partial charge >= 0.3 is 11.9 Å². The number of carbonyl (C=O) groups is 5. The van der Waals surface area contributed by atoms with Crippen LogP contribution in [0.5, 0.6) is 0 Å². The van der Waals surface area contributed by atoms with Crippen molar-refractivity contribution in [2.45, 2.75) is 64.1 Å². The second kappa shape index (κ2) is 14.3. The van der Waals surface area contributed by atoms with Crippen LogP contribution in [-0.4, -0.2) is 71.1 Å². The smallest absolute Gasteiger partial charge is 0.322 e. The largest absolute Gasteiger partial charge is 0.481 e. The molecule has 12 heteroatoms. The van der Waals surface area contributed by atoms with Crippen LogP contribution in [0.2, 0.25) is 0 Å². The zero-order chi connectivity index (χ0) is 23.3. The van der Waals surface area contributed by atoms with Gasteiger partial charge in [0, 0.05) is 0 Å². The molecule has 30 heavy (non-hydrogen) atoms. The Hall–Kier alpha value is -2.73. The van der Waals surface area contributed by atoms with Gasteiger partial charge in [-0.25, -0.2) is 0 Å². The summed E-state index contributed by atoms with van der Waals surface area (Å²) in [5.74, 6) is -4.58. The first-order chi connectivity index (χ1) is 14.0. The number of rotatable bonds is 15. The highest BCUT2D eigenvalue weighted by Crippen LogP contribution is 2.08. The predicted molar refractivity (Wildman–Crippen MR) is 107 cm³/mol. The SMILES string of the molecule is CC(C)CC(NC(=O)C(CCCCN)NC(=O)C(N)CC(=O)O)C(=O)NCC(=O)O. The van der Waals surface area contributed by atoms with Crippen molar-refractivity contribution in [3.05, 3.63) is 0 Å². The number of aliphatic carboxylic acids is 2. The van der Waals surface area contributed by atoms with Crippen LogP contribution in [0.15, 0.2) is 0 Å². The van der Waals surface area contributed by atoms with Gasteiger partial charge in [0.05, 0.1) is 12.5 Å². The maximum absolute atomic E-state index is 12.7. The molecular weight excluding hydrogens is 398 g/mol. The fraction of sp³-hybridized carbons (Fsp3) is 0.722. The maximum atomic E-state index is 12.7. The fourth-order valence-electron chi connectivity index (χ4n) is 2.58. The number of amides is 3. The van der Waals surface area contributed by atoms with Gasteiger partial charge in [0.25, 0.3) is 0 Å². The number of carboxylic acids is 2. The number of nitrogens with one attached hydrogen (secondary N) is 3. The molecule has 3 unspecified atom stereocenters. The first-order valence-electron chi connectivity index (χ1n) is 9.75. The van der Waals surface area contributed by atoms with Crippen LogP contribution >= 0.6 is 0 Å². The summed E-state index contributed by atoms with van der Waals surface area (Å²) >= 11 is 0. The lowest BCUT2D eigenvalue weighted by Gasteiger charge is -2.24. The molecule has 3 amide bonds. The monoisotopic (exact) mass is 431 g/mol. The molecule has 0 aliphatic rings. The molecule has 0 spiro atoms. The van der Waals surface area contributed by atoms with Crippen molar-refractivity contribution in [3.8, 4) is 0 Å². The van der Waals surface area contributed by atoms with E-state index >= 15 is 0 Å². The van der Waals surface area contributed by atoms with E-state index < -0.39 is 60.8 Å². The van der Waals surface area contributed by atoms with Gasteiger partial charge in [0.15, 0.2) is 0 Å². The summed E-state index contributed by atoms with van der Waals surface area (Å²) in [4.78, 5) is 58.6. The minimum atomic E-state index is -1.34. The van der Waals surface area contributed by atoms with E-state index in [1.165, 1.54) is 0 Å². The third-order valence-corrected chi connectivity index (χ3v) is 4.07. The van der Waals surface area contributed by atoms with E-state index in [1.807, 2.05) is 13.8 Å². The molecule has 0 saturated carbocycles. The van der Waals surface area contributed by atoms with Gasteiger partial charge in [0.2, 0.25) is 17.7 Å². The van der Waals surface area contributed by atoms with Crippen LogP contribution in [-0.2, 0) is 24.0 Å². The Morgan fingerprint density at radius 1 is 0.867 bits per heavy atom. The molecular formula is C18H33N5O7. The van der Waals surface area contributed by atoms with Crippen LogP contribution in [0.4, 0.5) is 0 Å². The summed E-state index contributed by atoms with van der Waals surface area (Å²) in [7, 11) is 0. The maximum Gasteiger partial charge on any atom is 0.322 e. The Morgan fingerprint density at radius 2 is 1.47 bits per heavy atom. The molecule has 0 aromatic rings. The quantitative estimate of drug-likeness (QED) is 0.144. The highest BCUT2D eigenvalue weighted by atomic mass is 16.4. The summed E-state index contributed by atoms with van der Waals surface area (Å²) in [6, 6.07) is -3.39. The van der Waals surface area contributed by atoms with E-state index in [1.54, 1.807) is 0 Å². The number of carbonyl (C=O) groups excluding carboxylic acids is 3. The number of unbranched alkanes of at least 4 members (excludes halogenated alkanes) is 1. The molecule has 0 aromatic heterocycles. The third-order valence-electron chi connectivity index (χ3n) is 4.07. The number of hydrogen-bond donors (Lipinski definition) is 7. The normalized spacial score (nSPS) is 13.8. The average Bonchev–Trinajstić information content (AvgIpc) is 2.63. The van der Waals surface area contributed by atoms with E-state index in [0.29, 0.717) is 19.4 Å². The topological polar surface area (TPSA) is 214 Å². The second-order valence-corrected chi connectivity index (χ2v) is 7.35. The van der Waals surface area contributed by atoms with Crippen molar-refractivity contribution < 1.29 is 34.2 Å². The predicted octanol–water partition coefficient (Wildman–Crippen LogP) is -1.87. The summed E-state index contributed by atoms with van der Waals surface area (Å²) in [6.07, 6.45) is 0.952. The first kappa shape index (κ1) is 27.3. The molecule has 9 N–H and O–H groups in total. The zero-order valence-corrected chi connectivity index (χ0v) is 17.3. The lowest BCUT2D eigenvalue weighted by molar-refractivity contribution is -0.140. The number of nitrogens with two attached hydrogens (primary N) is 2. The summed E-state index contributed by atoms with van der Waals surface area (Å²) in [5.41, 5.74) is 11.0. The highest BCUT2D eigenvalue weighted by Gasteiger charge is 2.29. The van der Waals surface area contributed by atoms with E-state index in [4.69, 9.17) is 21.7 Å². The van der Waals surface area contributed by atoms with Gasteiger partial charge in [0.1, 0.15) is 18.6 Å². The molecule has 0 aliphatic heterocycles.